The zero-order chi connectivity index (χ0) is 23.5. The minimum atomic E-state index is -1.88. The maximum absolute atomic E-state index is 12.7. The lowest BCUT2D eigenvalue weighted by Gasteiger charge is -2.53. The van der Waals surface area contributed by atoms with Crippen LogP contribution in [0.4, 0.5) is 0 Å². The first-order chi connectivity index (χ1) is 14.3. The van der Waals surface area contributed by atoms with Gasteiger partial charge in [0.05, 0.1) is 0 Å². The number of rotatable bonds is 9. The van der Waals surface area contributed by atoms with Crippen LogP contribution in [-0.2, 0) is 14.0 Å². The van der Waals surface area contributed by atoms with Crippen molar-refractivity contribution in [3.63, 3.8) is 0 Å². The van der Waals surface area contributed by atoms with Gasteiger partial charge in [0, 0.05) is 24.2 Å². The molecule has 2 rings (SSSR count). The van der Waals surface area contributed by atoms with E-state index in [-0.39, 0.29) is 34.4 Å². The van der Waals surface area contributed by atoms with Gasteiger partial charge in [-0.15, -0.1) is 6.58 Å². The molecule has 1 aliphatic carbocycles. The summed E-state index contributed by atoms with van der Waals surface area (Å²) in [5.74, 6) is 0.335. The van der Waals surface area contributed by atoms with E-state index in [4.69, 9.17) is 9.16 Å². The molecule has 178 valence electrons. The summed E-state index contributed by atoms with van der Waals surface area (Å²) in [6.07, 6.45) is 9.58. The maximum Gasteiger partial charge on any atom is 0.333 e. The van der Waals surface area contributed by atoms with Crippen LogP contribution >= 0.6 is 0 Å². The molecule has 0 aromatic heterocycles. The van der Waals surface area contributed by atoms with Crippen LogP contribution in [0.3, 0.4) is 0 Å². The summed E-state index contributed by atoms with van der Waals surface area (Å²) in [4.78, 5) is 12.7. The monoisotopic (exact) mass is 450 g/mol. The van der Waals surface area contributed by atoms with Crippen LogP contribution in [0.25, 0.3) is 0 Å². The Balaban J connectivity index is 2.35. The Labute approximate surface area is 191 Å². The zero-order valence-corrected chi connectivity index (χ0v) is 22.1. The van der Waals surface area contributed by atoms with Crippen LogP contribution in [0.5, 0.6) is 0 Å². The van der Waals surface area contributed by atoms with Crippen LogP contribution in [0.1, 0.15) is 73.1 Å². The third-order valence-corrected chi connectivity index (χ3v) is 12.8. The molecule has 0 radical (unpaired) electrons. The lowest BCUT2D eigenvalue weighted by Crippen LogP contribution is -2.52. The predicted octanol–water partition coefficient (Wildman–Crippen LogP) is 6.27. The molecule has 3 atom stereocenters. The van der Waals surface area contributed by atoms with E-state index in [0.29, 0.717) is 25.4 Å². The molecule has 1 N–H and O–H groups in total. The van der Waals surface area contributed by atoms with Crippen molar-refractivity contribution in [1.82, 2.24) is 0 Å². The molecule has 2 aliphatic rings. The minimum Gasteiger partial charge on any atom is -0.461 e. The van der Waals surface area contributed by atoms with E-state index in [1.54, 1.807) is 0 Å². The first kappa shape index (κ1) is 26.3. The van der Waals surface area contributed by atoms with Crippen LogP contribution in [-0.4, -0.2) is 39.2 Å². The van der Waals surface area contributed by atoms with Crippen molar-refractivity contribution in [2.45, 2.75) is 91.3 Å². The Morgan fingerprint density at radius 3 is 2.61 bits per heavy atom. The molecule has 1 saturated carbocycles. The summed E-state index contributed by atoms with van der Waals surface area (Å²) in [6, 6.07) is 0. The molecule has 31 heavy (non-hydrogen) atoms. The SMILES string of the molecule is C=CC[C@H](CCO)CC1=C[C@@]2(CCCC(C)(C)[C@H]2CO[Si](C)(C)C(C)(C)C)COC1=O. The average Bonchev–Trinajstić information content (AvgIpc) is 2.63. The summed E-state index contributed by atoms with van der Waals surface area (Å²) in [5.41, 5.74) is 0.740. The number of esters is 1. The molecular weight excluding hydrogens is 404 g/mol. The summed E-state index contributed by atoms with van der Waals surface area (Å²) in [7, 11) is -1.88. The summed E-state index contributed by atoms with van der Waals surface area (Å²) < 4.78 is 12.6. The highest BCUT2D eigenvalue weighted by atomic mass is 28.4. The van der Waals surface area contributed by atoms with E-state index in [1.807, 2.05) is 6.08 Å². The quantitative estimate of drug-likeness (QED) is 0.255. The highest BCUT2D eigenvalue weighted by Crippen LogP contribution is 2.54. The molecule has 0 aromatic rings. The minimum absolute atomic E-state index is 0.123. The Morgan fingerprint density at radius 2 is 2.03 bits per heavy atom. The van der Waals surface area contributed by atoms with Crippen molar-refractivity contribution in [2.75, 3.05) is 19.8 Å². The third kappa shape index (κ3) is 6.11. The molecule has 1 aliphatic heterocycles. The average molecular weight is 451 g/mol. The standard InChI is InChI=1S/C26H46O4Si/c1-9-11-20(12-15-27)16-21-17-26(19-29-23(21)28)14-10-13-25(5,6)22(26)18-30-31(7,8)24(2,3)4/h9,17,20,22,27H,1,10-16,18-19H2,2-8H3/t20-,22-,26+/m1/s1. The van der Waals surface area contributed by atoms with Gasteiger partial charge in [0.2, 0.25) is 0 Å². The number of hydrogen-bond acceptors (Lipinski definition) is 4. The van der Waals surface area contributed by atoms with Gasteiger partial charge in [-0.1, -0.05) is 53.2 Å². The van der Waals surface area contributed by atoms with Gasteiger partial charge in [-0.25, -0.2) is 4.79 Å². The van der Waals surface area contributed by atoms with Crippen LogP contribution in [0.2, 0.25) is 18.1 Å². The number of hydrogen-bond donors (Lipinski definition) is 1. The molecule has 4 nitrogen and oxygen atoms in total. The fraction of sp³-hybridized carbons (Fsp3) is 0.808. The number of carbonyl (C=O) groups is 1. The van der Waals surface area contributed by atoms with Gasteiger partial charge in [-0.3, -0.25) is 0 Å². The predicted molar refractivity (Wildman–Crippen MR) is 130 cm³/mol. The van der Waals surface area contributed by atoms with Crippen molar-refractivity contribution in [1.29, 1.82) is 0 Å². The molecular formula is C26H46O4Si. The smallest absolute Gasteiger partial charge is 0.333 e. The normalized spacial score (nSPS) is 27.5. The summed E-state index contributed by atoms with van der Waals surface area (Å²) >= 11 is 0. The summed E-state index contributed by atoms with van der Waals surface area (Å²) in [6.45, 7) is 21.3. The highest BCUT2D eigenvalue weighted by molar-refractivity contribution is 6.74. The van der Waals surface area contributed by atoms with Gasteiger partial charge in [0.25, 0.3) is 0 Å². The largest absolute Gasteiger partial charge is 0.461 e. The van der Waals surface area contributed by atoms with Gasteiger partial charge in [0.1, 0.15) is 6.61 Å². The topological polar surface area (TPSA) is 55.8 Å². The van der Waals surface area contributed by atoms with Crippen molar-refractivity contribution in [3.05, 3.63) is 24.3 Å². The lowest BCUT2D eigenvalue weighted by molar-refractivity contribution is -0.150. The molecule has 1 heterocycles. The van der Waals surface area contributed by atoms with E-state index in [2.05, 4.69) is 60.4 Å². The van der Waals surface area contributed by atoms with Crippen molar-refractivity contribution < 1.29 is 19.1 Å². The lowest BCUT2D eigenvalue weighted by atomic mass is 9.55. The molecule has 5 heteroatoms. The van der Waals surface area contributed by atoms with Gasteiger partial charge < -0.3 is 14.3 Å². The van der Waals surface area contributed by atoms with Crippen LogP contribution < -0.4 is 0 Å². The van der Waals surface area contributed by atoms with E-state index in [0.717, 1.165) is 31.4 Å². The first-order valence-electron chi connectivity index (χ1n) is 12.0. The molecule has 1 fully saturated rings. The van der Waals surface area contributed by atoms with Crippen LogP contribution in [0, 0.1) is 22.7 Å². The fourth-order valence-electron chi connectivity index (χ4n) is 5.16. The molecule has 0 amide bonds. The second-order valence-electron chi connectivity index (χ2n) is 12.1. The van der Waals surface area contributed by atoms with E-state index >= 15 is 0 Å². The number of cyclic esters (lactones) is 1. The zero-order valence-electron chi connectivity index (χ0n) is 21.1. The third-order valence-electron chi connectivity index (χ3n) is 8.26. The van der Waals surface area contributed by atoms with Crippen molar-refractivity contribution in [2.24, 2.45) is 22.7 Å². The Hall–Kier alpha value is -0.913. The molecule has 0 unspecified atom stereocenters. The number of allylic oxidation sites excluding steroid dienone is 1. The van der Waals surface area contributed by atoms with Crippen molar-refractivity contribution >= 4 is 14.3 Å². The van der Waals surface area contributed by atoms with E-state index in [1.165, 1.54) is 6.42 Å². The summed E-state index contributed by atoms with van der Waals surface area (Å²) in [5, 5.41) is 9.61. The molecule has 0 aromatic carbocycles. The second kappa shape index (κ2) is 9.92. The van der Waals surface area contributed by atoms with E-state index in [9.17, 15) is 9.90 Å². The Kier molecular flexibility index (Phi) is 8.43. The van der Waals surface area contributed by atoms with Gasteiger partial charge in [-0.05, 0) is 67.5 Å². The first-order valence-corrected chi connectivity index (χ1v) is 14.9. The molecule has 0 saturated heterocycles. The molecule has 1 spiro atoms. The fourth-order valence-corrected chi connectivity index (χ4v) is 6.18. The molecule has 0 bridgehead atoms. The highest BCUT2D eigenvalue weighted by Gasteiger charge is 2.52. The Bertz CT molecular complexity index is 673. The van der Waals surface area contributed by atoms with E-state index < -0.39 is 8.32 Å². The second-order valence-corrected chi connectivity index (χ2v) is 16.9. The maximum atomic E-state index is 12.7. The number of aliphatic hydroxyl groups is 1. The van der Waals surface area contributed by atoms with Crippen molar-refractivity contribution in [3.8, 4) is 0 Å². The Morgan fingerprint density at radius 1 is 1.35 bits per heavy atom. The number of carbonyl (C=O) groups excluding carboxylic acids is 1. The number of ether oxygens (including phenoxy) is 1. The van der Waals surface area contributed by atoms with Gasteiger partial charge in [0.15, 0.2) is 8.32 Å². The van der Waals surface area contributed by atoms with Crippen LogP contribution in [0.15, 0.2) is 24.3 Å². The van der Waals surface area contributed by atoms with Gasteiger partial charge in [-0.2, -0.15) is 0 Å². The van der Waals surface area contributed by atoms with Gasteiger partial charge >= 0.3 is 5.97 Å². The number of aliphatic hydroxyl groups excluding tert-OH is 1.